The summed E-state index contributed by atoms with van der Waals surface area (Å²) in [5.74, 6) is 0.879. The second-order valence-electron chi connectivity index (χ2n) is 6.86. The van der Waals surface area contributed by atoms with E-state index in [2.05, 4.69) is 57.0 Å². The summed E-state index contributed by atoms with van der Waals surface area (Å²) in [5, 5.41) is 0. The molecule has 100 valence electrons. The van der Waals surface area contributed by atoms with E-state index >= 15 is 0 Å². The van der Waals surface area contributed by atoms with Crippen LogP contribution in [-0.4, -0.2) is 25.0 Å². The molecule has 0 saturated carbocycles. The molecule has 0 aliphatic carbocycles. The average molecular weight is 245 g/mol. The van der Waals surface area contributed by atoms with Crippen LogP contribution in [-0.2, 0) is 11.8 Å². The molecular weight excluding hydrogens is 218 g/mol. The quantitative estimate of drug-likeness (QED) is 0.764. The van der Waals surface area contributed by atoms with Gasteiger partial charge in [0.25, 0.3) is 0 Å². The summed E-state index contributed by atoms with van der Waals surface area (Å²) < 4.78 is 0. The summed E-state index contributed by atoms with van der Waals surface area (Å²) in [4.78, 5) is 2.45. The fourth-order valence-corrected chi connectivity index (χ4v) is 3.01. The largest absolute Gasteiger partial charge is 0.306 e. The van der Waals surface area contributed by atoms with Gasteiger partial charge in [-0.2, -0.15) is 0 Å². The van der Waals surface area contributed by atoms with E-state index in [-0.39, 0.29) is 5.41 Å². The van der Waals surface area contributed by atoms with Crippen LogP contribution in [0.25, 0.3) is 0 Å². The van der Waals surface area contributed by atoms with Crippen LogP contribution in [0.4, 0.5) is 0 Å². The van der Waals surface area contributed by atoms with Gasteiger partial charge in [-0.1, -0.05) is 45.0 Å². The molecule has 1 aliphatic rings. The lowest BCUT2D eigenvalue weighted by atomic mass is 9.80. The van der Waals surface area contributed by atoms with Gasteiger partial charge >= 0.3 is 0 Å². The maximum atomic E-state index is 2.45. The minimum atomic E-state index is 0.266. The molecular formula is C17H27N. The predicted octanol–water partition coefficient (Wildman–Crippen LogP) is 3.87. The van der Waals surface area contributed by atoms with Crippen LogP contribution in [0.2, 0.25) is 0 Å². The zero-order valence-electron chi connectivity index (χ0n) is 12.4. The van der Waals surface area contributed by atoms with Crippen molar-refractivity contribution < 1.29 is 0 Å². The zero-order chi connectivity index (χ0) is 13.2. The average Bonchev–Trinajstić information content (AvgIpc) is 2.31. The van der Waals surface area contributed by atoms with Crippen LogP contribution in [0.3, 0.4) is 0 Å². The maximum absolute atomic E-state index is 2.45. The molecule has 1 nitrogen and oxygen atoms in total. The normalized spacial score (nSPS) is 19.1. The number of piperidine rings is 1. The molecule has 0 aromatic heterocycles. The van der Waals surface area contributed by atoms with Crippen molar-refractivity contribution in [2.75, 3.05) is 20.1 Å². The second kappa shape index (κ2) is 5.44. The Kier molecular flexibility index (Phi) is 4.11. The van der Waals surface area contributed by atoms with E-state index in [4.69, 9.17) is 0 Å². The molecule has 0 atom stereocenters. The number of benzene rings is 1. The van der Waals surface area contributed by atoms with Gasteiger partial charge in [-0.3, -0.25) is 0 Å². The Bertz CT molecular complexity index is 381. The Morgan fingerprint density at radius 3 is 2.33 bits per heavy atom. The molecule has 0 bridgehead atoms. The molecule has 0 radical (unpaired) electrons. The molecule has 1 aromatic rings. The molecule has 1 saturated heterocycles. The molecule has 0 unspecified atom stereocenters. The van der Waals surface area contributed by atoms with Crippen molar-refractivity contribution in [2.24, 2.45) is 5.92 Å². The monoisotopic (exact) mass is 245 g/mol. The van der Waals surface area contributed by atoms with E-state index in [1.807, 2.05) is 0 Å². The fourth-order valence-electron chi connectivity index (χ4n) is 3.01. The summed E-state index contributed by atoms with van der Waals surface area (Å²) >= 11 is 0. The lowest BCUT2D eigenvalue weighted by Gasteiger charge is -2.31. The van der Waals surface area contributed by atoms with E-state index in [0.29, 0.717) is 0 Å². The van der Waals surface area contributed by atoms with Gasteiger partial charge in [0.1, 0.15) is 0 Å². The third-order valence-electron chi connectivity index (χ3n) is 4.17. The summed E-state index contributed by atoms with van der Waals surface area (Å²) in [6.07, 6.45) is 3.98. The van der Waals surface area contributed by atoms with Gasteiger partial charge in [-0.05, 0) is 61.9 Å². The third kappa shape index (κ3) is 3.35. The number of likely N-dealkylation sites (tertiary alicyclic amines) is 1. The molecule has 1 aliphatic heterocycles. The maximum Gasteiger partial charge on any atom is -0.00190 e. The Morgan fingerprint density at radius 1 is 1.11 bits per heavy atom. The molecule has 2 rings (SSSR count). The number of hydrogen-bond acceptors (Lipinski definition) is 1. The minimum Gasteiger partial charge on any atom is -0.306 e. The van der Waals surface area contributed by atoms with Crippen molar-refractivity contribution in [1.82, 2.24) is 4.90 Å². The van der Waals surface area contributed by atoms with Crippen LogP contribution in [0.5, 0.6) is 0 Å². The highest BCUT2D eigenvalue weighted by Gasteiger charge is 2.21. The van der Waals surface area contributed by atoms with Crippen molar-refractivity contribution in [1.29, 1.82) is 0 Å². The molecule has 0 amide bonds. The van der Waals surface area contributed by atoms with E-state index in [1.165, 1.54) is 37.9 Å². The van der Waals surface area contributed by atoms with Crippen LogP contribution >= 0.6 is 0 Å². The first-order valence-electron chi connectivity index (χ1n) is 7.24. The van der Waals surface area contributed by atoms with Crippen molar-refractivity contribution in [3.8, 4) is 0 Å². The van der Waals surface area contributed by atoms with Gasteiger partial charge < -0.3 is 4.90 Å². The number of rotatable bonds is 2. The fraction of sp³-hybridized carbons (Fsp3) is 0.647. The molecule has 18 heavy (non-hydrogen) atoms. The van der Waals surface area contributed by atoms with Crippen molar-refractivity contribution in [3.63, 3.8) is 0 Å². The van der Waals surface area contributed by atoms with Crippen LogP contribution in [0.15, 0.2) is 24.3 Å². The van der Waals surface area contributed by atoms with Crippen molar-refractivity contribution in [2.45, 2.75) is 45.4 Å². The highest BCUT2D eigenvalue weighted by Crippen LogP contribution is 2.29. The summed E-state index contributed by atoms with van der Waals surface area (Å²) in [6, 6.07) is 9.02. The first-order chi connectivity index (χ1) is 8.47. The predicted molar refractivity (Wildman–Crippen MR) is 79.1 cm³/mol. The smallest absolute Gasteiger partial charge is 0.00190 e. The van der Waals surface area contributed by atoms with Gasteiger partial charge in [0.05, 0.1) is 0 Å². The highest BCUT2D eigenvalue weighted by atomic mass is 15.1. The number of nitrogens with zero attached hydrogens (tertiary/aromatic N) is 1. The number of hydrogen-bond donors (Lipinski definition) is 0. The lowest BCUT2D eigenvalue weighted by Crippen LogP contribution is -2.31. The highest BCUT2D eigenvalue weighted by molar-refractivity contribution is 5.33. The van der Waals surface area contributed by atoms with Crippen molar-refractivity contribution >= 4 is 0 Å². The standard InChI is InChI=1S/C17H27N/c1-17(2,3)16-8-6-5-7-15(16)13-14-9-11-18(4)12-10-14/h5-8,14H,9-13H2,1-4H3. The Labute approximate surface area is 112 Å². The van der Waals surface area contributed by atoms with Gasteiger partial charge in [0.2, 0.25) is 0 Å². The first-order valence-corrected chi connectivity index (χ1v) is 7.24. The van der Waals surface area contributed by atoms with Crippen LogP contribution in [0, 0.1) is 5.92 Å². The molecule has 1 heterocycles. The first kappa shape index (κ1) is 13.6. The molecule has 0 N–H and O–H groups in total. The summed E-state index contributed by atoms with van der Waals surface area (Å²) in [5.41, 5.74) is 3.37. The van der Waals surface area contributed by atoms with Gasteiger partial charge in [0, 0.05) is 0 Å². The van der Waals surface area contributed by atoms with Gasteiger partial charge in [-0.15, -0.1) is 0 Å². The Balaban J connectivity index is 2.10. The van der Waals surface area contributed by atoms with E-state index < -0.39 is 0 Å². The molecule has 1 fully saturated rings. The zero-order valence-corrected chi connectivity index (χ0v) is 12.4. The SMILES string of the molecule is CN1CCC(Cc2ccccc2C(C)(C)C)CC1. The minimum absolute atomic E-state index is 0.266. The van der Waals surface area contributed by atoms with E-state index in [9.17, 15) is 0 Å². The molecule has 1 aromatic carbocycles. The van der Waals surface area contributed by atoms with Crippen LogP contribution < -0.4 is 0 Å². The van der Waals surface area contributed by atoms with Gasteiger partial charge in [-0.25, -0.2) is 0 Å². The van der Waals surface area contributed by atoms with E-state index in [0.717, 1.165) is 5.92 Å². The lowest BCUT2D eigenvalue weighted by molar-refractivity contribution is 0.218. The van der Waals surface area contributed by atoms with Crippen molar-refractivity contribution in [3.05, 3.63) is 35.4 Å². The molecule has 1 heteroatoms. The Morgan fingerprint density at radius 2 is 1.72 bits per heavy atom. The second-order valence-corrected chi connectivity index (χ2v) is 6.86. The molecule has 0 spiro atoms. The third-order valence-corrected chi connectivity index (χ3v) is 4.17. The van der Waals surface area contributed by atoms with Crippen LogP contribution in [0.1, 0.15) is 44.7 Å². The topological polar surface area (TPSA) is 3.24 Å². The summed E-state index contributed by atoms with van der Waals surface area (Å²) in [7, 11) is 2.24. The van der Waals surface area contributed by atoms with E-state index in [1.54, 1.807) is 5.56 Å². The Hall–Kier alpha value is -0.820. The summed E-state index contributed by atoms with van der Waals surface area (Å²) in [6.45, 7) is 9.49. The van der Waals surface area contributed by atoms with Gasteiger partial charge in [0.15, 0.2) is 0 Å².